The first-order chi connectivity index (χ1) is 12.4. The molecule has 0 bridgehead atoms. The molecule has 1 aromatic rings. The summed E-state index contributed by atoms with van der Waals surface area (Å²) in [7, 11) is -2.01. The maximum absolute atomic E-state index is 12.7. The molecule has 0 fully saturated rings. The highest BCUT2D eigenvalue weighted by atomic mass is 32.2. The van der Waals surface area contributed by atoms with Crippen LogP contribution in [0.25, 0.3) is 0 Å². The standard InChI is InChI=1S/C19H29FN2O4S/c1-14(2)22(5)18(23)19(3,4)13-27(24,25)17-8-6-16(7-9-17)26-12-15(10-20)11-21/h6-10,14H,11-13,21H2,1-5H3/b15-10+. The van der Waals surface area contributed by atoms with Gasteiger partial charge in [-0.05, 0) is 38.1 Å². The van der Waals surface area contributed by atoms with Gasteiger partial charge in [0.2, 0.25) is 5.91 Å². The molecule has 0 aliphatic carbocycles. The number of halogens is 1. The summed E-state index contributed by atoms with van der Waals surface area (Å²) in [6.45, 7) is 7.02. The van der Waals surface area contributed by atoms with Crippen molar-refractivity contribution in [3.63, 3.8) is 0 Å². The van der Waals surface area contributed by atoms with Crippen molar-refractivity contribution in [2.24, 2.45) is 11.1 Å². The number of ether oxygens (including phenoxy) is 1. The van der Waals surface area contributed by atoms with Gasteiger partial charge in [-0.25, -0.2) is 12.8 Å². The smallest absolute Gasteiger partial charge is 0.229 e. The molecule has 0 atom stereocenters. The van der Waals surface area contributed by atoms with E-state index in [-0.39, 0.29) is 35.7 Å². The Kier molecular flexibility index (Phi) is 7.98. The van der Waals surface area contributed by atoms with Gasteiger partial charge in [-0.15, -0.1) is 0 Å². The summed E-state index contributed by atoms with van der Waals surface area (Å²) in [6, 6.07) is 5.80. The first kappa shape index (κ1) is 23.1. The van der Waals surface area contributed by atoms with Crippen molar-refractivity contribution < 1.29 is 22.3 Å². The van der Waals surface area contributed by atoms with Gasteiger partial charge in [-0.1, -0.05) is 13.8 Å². The lowest BCUT2D eigenvalue weighted by Crippen LogP contribution is -2.45. The van der Waals surface area contributed by atoms with E-state index in [1.54, 1.807) is 25.8 Å². The molecule has 0 spiro atoms. The summed E-state index contributed by atoms with van der Waals surface area (Å²) in [5.41, 5.74) is 4.59. The third kappa shape index (κ3) is 6.32. The number of benzene rings is 1. The van der Waals surface area contributed by atoms with Crippen LogP contribution < -0.4 is 10.5 Å². The number of nitrogens with two attached hydrogens (primary N) is 1. The number of hydrogen-bond acceptors (Lipinski definition) is 5. The maximum atomic E-state index is 12.7. The fraction of sp³-hybridized carbons (Fsp3) is 0.526. The van der Waals surface area contributed by atoms with Crippen LogP contribution in [0.1, 0.15) is 27.7 Å². The average Bonchev–Trinajstić information content (AvgIpc) is 2.60. The zero-order chi connectivity index (χ0) is 20.8. The molecule has 1 rings (SSSR count). The Labute approximate surface area is 161 Å². The number of carbonyl (C=O) groups excluding carboxylic acids is 1. The molecule has 0 aromatic heterocycles. The van der Waals surface area contributed by atoms with Crippen molar-refractivity contribution in [1.82, 2.24) is 4.90 Å². The molecule has 0 saturated carbocycles. The lowest BCUT2D eigenvalue weighted by Gasteiger charge is -2.31. The second kappa shape index (κ2) is 9.32. The topological polar surface area (TPSA) is 89.7 Å². The summed E-state index contributed by atoms with van der Waals surface area (Å²) in [5, 5.41) is 0. The Morgan fingerprint density at radius 3 is 2.30 bits per heavy atom. The molecule has 8 heteroatoms. The van der Waals surface area contributed by atoms with Crippen molar-refractivity contribution >= 4 is 15.7 Å². The number of sulfone groups is 1. The molecule has 0 aliphatic rings. The van der Waals surface area contributed by atoms with Gasteiger partial charge >= 0.3 is 0 Å². The summed E-state index contributed by atoms with van der Waals surface area (Å²) >= 11 is 0. The minimum absolute atomic E-state index is 0.0117. The van der Waals surface area contributed by atoms with Crippen LogP contribution >= 0.6 is 0 Å². The minimum Gasteiger partial charge on any atom is -0.489 e. The second-order valence-electron chi connectivity index (χ2n) is 7.38. The number of nitrogens with zero attached hydrogens (tertiary/aromatic N) is 1. The highest BCUT2D eigenvalue weighted by molar-refractivity contribution is 7.91. The summed E-state index contributed by atoms with van der Waals surface area (Å²) in [5.74, 6) is -0.136. The van der Waals surface area contributed by atoms with Gasteiger partial charge in [0.15, 0.2) is 9.84 Å². The summed E-state index contributed by atoms with van der Waals surface area (Å²) < 4.78 is 43.3. The Bertz CT molecular complexity index is 771. The molecule has 1 aromatic carbocycles. The summed E-state index contributed by atoms with van der Waals surface area (Å²) in [6.07, 6.45) is 0.395. The molecular formula is C19H29FN2O4S. The van der Waals surface area contributed by atoms with Crippen molar-refractivity contribution in [1.29, 1.82) is 0 Å². The average molecular weight is 401 g/mol. The van der Waals surface area contributed by atoms with E-state index in [2.05, 4.69) is 0 Å². The monoisotopic (exact) mass is 400 g/mol. The molecular weight excluding hydrogens is 371 g/mol. The van der Waals surface area contributed by atoms with Crippen LogP contribution in [-0.4, -0.2) is 51.2 Å². The van der Waals surface area contributed by atoms with Crippen LogP contribution in [0.5, 0.6) is 5.75 Å². The third-order valence-electron chi connectivity index (χ3n) is 4.25. The van der Waals surface area contributed by atoms with E-state index < -0.39 is 15.3 Å². The molecule has 1 amide bonds. The van der Waals surface area contributed by atoms with Crippen LogP contribution in [0.3, 0.4) is 0 Å². The predicted octanol–water partition coefficient (Wildman–Crippen LogP) is 2.54. The Morgan fingerprint density at radius 1 is 1.30 bits per heavy atom. The molecule has 0 unspecified atom stereocenters. The van der Waals surface area contributed by atoms with Crippen molar-refractivity contribution in [2.75, 3.05) is 26.0 Å². The first-order valence-corrected chi connectivity index (χ1v) is 10.3. The van der Waals surface area contributed by atoms with E-state index in [1.165, 1.54) is 24.3 Å². The molecule has 0 saturated heterocycles. The largest absolute Gasteiger partial charge is 0.489 e. The highest BCUT2D eigenvalue weighted by Crippen LogP contribution is 2.26. The zero-order valence-corrected chi connectivity index (χ0v) is 17.3. The van der Waals surface area contributed by atoms with E-state index in [0.29, 0.717) is 17.7 Å². The van der Waals surface area contributed by atoms with Gasteiger partial charge in [-0.3, -0.25) is 4.79 Å². The van der Waals surface area contributed by atoms with Crippen molar-refractivity contribution in [3.8, 4) is 5.75 Å². The molecule has 0 aliphatic heterocycles. The van der Waals surface area contributed by atoms with Crippen LogP contribution in [0.2, 0.25) is 0 Å². The molecule has 0 heterocycles. The normalized spacial score (nSPS) is 13.0. The quantitative estimate of drug-likeness (QED) is 0.688. The first-order valence-electron chi connectivity index (χ1n) is 8.65. The second-order valence-corrected chi connectivity index (χ2v) is 9.37. The zero-order valence-electron chi connectivity index (χ0n) is 16.5. The van der Waals surface area contributed by atoms with Gasteiger partial charge in [0.1, 0.15) is 12.4 Å². The fourth-order valence-corrected chi connectivity index (χ4v) is 4.18. The fourth-order valence-electron chi connectivity index (χ4n) is 2.39. The molecule has 0 radical (unpaired) electrons. The van der Waals surface area contributed by atoms with Gasteiger partial charge in [0, 0.05) is 25.2 Å². The van der Waals surface area contributed by atoms with E-state index in [1.807, 2.05) is 13.8 Å². The van der Waals surface area contributed by atoms with E-state index in [4.69, 9.17) is 10.5 Å². The number of carbonyl (C=O) groups is 1. The van der Waals surface area contributed by atoms with E-state index in [0.717, 1.165) is 0 Å². The van der Waals surface area contributed by atoms with Crippen molar-refractivity contribution in [2.45, 2.75) is 38.6 Å². The van der Waals surface area contributed by atoms with Crippen LogP contribution in [0.4, 0.5) is 4.39 Å². The van der Waals surface area contributed by atoms with E-state index >= 15 is 0 Å². The van der Waals surface area contributed by atoms with Gasteiger partial charge < -0.3 is 15.4 Å². The van der Waals surface area contributed by atoms with Crippen molar-refractivity contribution in [3.05, 3.63) is 36.2 Å². The minimum atomic E-state index is -3.67. The van der Waals surface area contributed by atoms with Gasteiger partial charge in [-0.2, -0.15) is 0 Å². The molecule has 6 nitrogen and oxygen atoms in total. The SMILES string of the molecule is CC(C)N(C)C(=O)C(C)(C)CS(=O)(=O)c1ccc(OC/C(=C/F)CN)cc1. The highest BCUT2D eigenvalue weighted by Gasteiger charge is 2.36. The van der Waals surface area contributed by atoms with Crippen LogP contribution in [0, 0.1) is 5.41 Å². The predicted molar refractivity (Wildman–Crippen MR) is 104 cm³/mol. The van der Waals surface area contributed by atoms with Crippen LogP contribution in [-0.2, 0) is 14.6 Å². The summed E-state index contributed by atoms with van der Waals surface area (Å²) in [4.78, 5) is 14.2. The lowest BCUT2D eigenvalue weighted by atomic mass is 9.94. The number of rotatable bonds is 9. The number of amides is 1. The Hall–Kier alpha value is -1.93. The van der Waals surface area contributed by atoms with E-state index in [9.17, 15) is 17.6 Å². The van der Waals surface area contributed by atoms with Gasteiger partial charge in [0.25, 0.3) is 0 Å². The third-order valence-corrected chi connectivity index (χ3v) is 6.34. The lowest BCUT2D eigenvalue weighted by molar-refractivity contribution is -0.139. The van der Waals surface area contributed by atoms with Gasteiger partial charge in [0.05, 0.1) is 22.4 Å². The Morgan fingerprint density at radius 2 is 1.85 bits per heavy atom. The maximum Gasteiger partial charge on any atom is 0.229 e. The molecule has 2 N–H and O–H groups in total. The molecule has 152 valence electrons. The van der Waals surface area contributed by atoms with Crippen LogP contribution in [0.15, 0.2) is 41.1 Å². The molecule has 27 heavy (non-hydrogen) atoms. The number of hydrogen-bond donors (Lipinski definition) is 1. The Balaban J connectivity index is 2.90.